The Bertz CT molecular complexity index is 372. The molecule has 0 spiro atoms. The fourth-order valence-corrected chi connectivity index (χ4v) is 3.37. The van der Waals surface area contributed by atoms with Gasteiger partial charge in [-0.3, -0.25) is 4.98 Å². The van der Waals surface area contributed by atoms with Crippen LogP contribution in [0, 0.1) is 17.3 Å². The van der Waals surface area contributed by atoms with E-state index in [1.54, 1.807) is 0 Å². The summed E-state index contributed by atoms with van der Waals surface area (Å²) >= 11 is 0. The molecule has 1 saturated carbocycles. The lowest BCUT2D eigenvalue weighted by atomic mass is 9.68. The molecule has 1 aromatic heterocycles. The highest BCUT2D eigenvalue weighted by molar-refractivity contribution is 5.10. The lowest BCUT2D eigenvalue weighted by molar-refractivity contribution is 0.139. The third-order valence-electron chi connectivity index (χ3n) is 4.80. The molecule has 1 heterocycles. The van der Waals surface area contributed by atoms with E-state index in [9.17, 15) is 0 Å². The Balaban J connectivity index is 1.84. The summed E-state index contributed by atoms with van der Waals surface area (Å²) in [5.41, 5.74) is 8.14. The summed E-state index contributed by atoms with van der Waals surface area (Å²) < 4.78 is 0. The first kappa shape index (κ1) is 14.5. The van der Waals surface area contributed by atoms with E-state index >= 15 is 0 Å². The van der Waals surface area contributed by atoms with Crippen molar-refractivity contribution in [2.24, 2.45) is 23.0 Å². The molecule has 0 bridgehead atoms. The number of nitrogens with zero attached hydrogens (tertiary/aromatic N) is 1. The summed E-state index contributed by atoms with van der Waals surface area (Å²) in [7, 11) is 0. The molecule has 1 atom stereocenters. The zero-order valence-corrected chi connectivity index (χ0v) is 12.6. The standard InChI is InChI=1S/C17H28N2/c1-17(2,3)15-8-6-14(7-9-15)16(18)11-13-5-4-10-19-12-13/h4-5,10,12,14-16H,6-9,11,18H2,1-3H3. The SMILES string of the molecule is CC(C)(C)C1CCC(C(N)Cc2cccnc2)CC1. The van der Waals surface area contributed by atoms with Gasteiger partial charge in [0, 0.05) is 18.4 Å². The van der Waals surface area contributed by atoms with Crippen LogP contribution in [0.1, 0.15) is 52.0 Å². The molecule has 0 saturated heterocycles. The molecule has 106 valence electrons. The van der Waals surface area contributed by atoms with Gasteiger partial charge in [0.25, 0.3) is 0 Å². The minimum absolute atomic E-state index is 0.296. The van der Waals surface area contributed by atoms with Crippen molar-refractivity contribution < 1.29 is 0 Å². The number of rotatable bonds is 3. The van der Waals surface area contributed by atoms with Gasteiger partial charge >= 0.3 is 0 Å². The van der Waals surface area contributed by atoms with Gasteiger partial charge in [0.15, 0.2) is 0 Å². The predicted molar refractivity (Wildman–Crippen MR) is 80.8 cm³/mol. The summed E-state index contributed by atoms with van der Waals surface area (Å²) in [5, 5.41) is 0. The lowest BCUT2D eigenvalue weighted by Gasteiger charge is -2.38. The van der Waals surface area contributed by atoms with E-state index in [-0.39, 0.29) is 0 Å². The second-order valence-electron chi connectivity index (χ2n) is 7.21. The molecule has 0 aromatic carbocycles. The molecule has 0 radical (unpaired) electrons. The zero-order valence-electron chi connectivity index (χ0n) is 12.6. The van der Waals surface area contributed by atoms with Crippen LogP contribution in [0.2, 0.25) is 0 Å². The predicted octanol–water partition coefficient (Wildman–Crippen LogP) is 3.80. The van der Waals surface area contributed by atoms with Crippen LogP contribution < -0.4 is 5.73 Å². The van der Waals surface area contributed by atoms with Crippen LogP contribution >= 0.6 is 0 Å². The molecule has 19 heavy (non-hydrogen) atoms. The summed E-state index contributed by atoms with van der Waals surface area (Å²) in [6.07, 6.45) is 10.0. The number of aromatic nitrogens is 1. The van der Waals surface area contributed by atoms with Crippen LogP contribution in [-0.4, -0.2) is 11.0 Å². The Hall–Kier alpha value is -0.890. The fourth-order valence-electron chi connectivity index (χ4n) is 3.37. The molecule has 1 fully saturated rings. The maximum atomic E-state index is 6.41. The van der Waals surface area contributed by atoms with Gasteiger partial charge in [0.1, 0.15) is 0 Å². The quantitative estimate of drug-likeness (QED) is 0.897. The Kier molecular flexibility index (Phi) is 4.62. The minimum atomic E-state index is 0.296. The van der Waals surface area contributed by atoms with Crippen molar-refractivity contribution in [2.45, 2.75) is 58.9 Å². The second kappa shape index (κ2) is 6.04. The first-order chi connectivity index (χ1) is 8.97. The Labute approximate surface area is 117 Å². The van der Waals surface area contributed by atoms with Crippen LogP contribution in [0.25, 0.3) is 0 Å². The molecule has 1 aliphatic rings. The lowest BCUT2D eigenvalue weighted by Crippen LogP contribution is -2.36. The number of hydrogen-bond acceptors (Lipinski definition) is 2. The van der Waals surface area contributed by atoms with Crippen molar-refractivity contribution in [3.63, 3.8) is 0 Å². The summed E-state index contributed by atoms with van der Waals surface area (Å²) in [5.74, 6) is 1.56. The number of hydrogen-bond donors (Lipinski definition) is 1. The molecule has 1 aliphatic carbocycles. The van der Waals surface area contributed by atoms with Gasteiger partial charge < -0.3 is 5.73 Å². The Morgan fingerprint density at radius 1 is 1.26 bits per heavy atom. The fraction of sp³-hybridized carbons (Fsp3) is 0.706. The molecule has 2 N–H and O–H groups in total. The van der Waals surface area contributed by atoms with Crippen LogP contribution in [0.3, 0.4) is 0 Å². The van der Waals surface area contributed by atoms with Crippen molar-refractivity contribution >= 4 is 0 Å². The molecule has 1 unspecified atom stereocenters. The van der Waals surface area contributed by atoms with Crippen molar-refractivity contribution in [3.8, 4) is 0 Å². The van der Waals surface area contributed by atoms with E-state index < -0.39 is 0 Å². The number of pyridine rings is 1. The van der Waals surface area contributed by atoms with E-state index in [2.05, 4.69) is 31.8 Å². The van der Waals surface area contributed by atoms with Crippen LogP contribution in [0.5, 0.6) is 0 Å². The van der Waals surface area contributed by atoms with Crippen molar-refractivity contribution in [1.82, 2.24) is 4.98 Å². The minimum Gasteiger partial charge on any atom is -0.327 e. The maximum Gasteiger partial charge on any atom is 0.0300 e. The third-order valence-corrected chi connectivity index (χ3v) is 4.80. The molecular formula is C17H28N2. The highest BCUT2D eigenvalue weighted by Crippen LogP contribution is 2.40. The smallest absolute Gasteiger partial charge is 0.0300 e. The van der Waals surface area contributed by atoms with Gasteiger partial charge in [-0.25, -0.2) is 0 Å². The van der Waals surface area contributed by atoms with Gasteiger partial charge in [-0.2, -0.15) is 0 Å². The molecule has 2 nitrogen and oxygen atoms in total. The molecule has 0 amide bonds. The van der Waals surface area contributed by atoms with Gasteiger partial charge in [0.2, 0.25) is 0 Å². The third kappa shape index (κ3) is 4.04. The van der Waals surface area contributed by atoms with E-state index in [4.69, 9.17) is 5.73 Å². The first-order valence-electron chi connectivity index (χ1n) is 7.61. The largest absolute Gasteiger partial charge is 0.327 e. The Morgan fingerprint density at radius 3 is 2.47 bits per heavy atom. The first-order valence-corrected chi connectivity index (χ1v) is 7.61. The van der Waals surface area contributed by atoms with Crippen LogP contribution in [0.15, 0.2) is 24.5 Å². The Morgan fingerprint density at radius 2 is 1.95 bits per heavy atom. The zero-order chi connectivity index (χ0) is 13.9. The van der Waals surface area contributed by atoms with Crippen molar-refractivity contribution in [1.29, 1.82) is 0 Å². The van der Waals surface area contributed by atoms with E-state index in [1.807, 2.05) is 18.5 Å². The van der Waals surface area contributed by atoms with Gasteiger partial charge in [-0.05, 0) is 61.0 Å². The maximum absolute atomic E-state index is 6.41. The van der Waals surface area contributed by atoms with Crippen molar-refractivity contribution in [3.05, 3.63) is 30.1 Å². The summed E-state index contributed by atoms with van der Waals surface area (Å²) in [6.45, 7) is 7.11. The molecule has 1 aromatic rings. The van der Waals surface area contributed by atoms with Crippen LogP contribution in [-0.2, 0) is 6.42 Å². The highest BCUT2D eigenvalue weighted by Gasteiger charge is 2.31. The van der Waals surface area contributed by atoms with E-state index in [1.165, 1.54) is 31.2 Å². The van der Waals surface area contributed by atoms with Gasteiger partial charge in [-0.1, -0.05) is 26.8 Å². The van der Waals surface area contributed by atoms with Crippen molar-refractivity contribution in [2.75, 3.05) is 0 Å². The topological polar surface area (TPSA) is 38.9 Å². The van der Waals surface area contributed by atoms with E-state index in [0.717, 1.165) is 12.3 Å². The van der Waals surface area contributed by atoms with Gasteiger partial charge in [0.05, 0.1) is 0 Å². The molecular weight excluding hydrogens is 232 g/mol. The monoisotopic (exact) mass is 260 g/mol. The van der Waals surface area contributed by atoms with Crippen LogP contribution in [0.4, 0.5) is 0 Å². The molecule has 0 aliphatic heterocycles. The average Bonchev–Trinajstić information content (AvgIpc) is 2.39. The highest BCUT2D eigenvalue weighted by atomic mass is 14.7. The van der Waals surface area contributed by atoms with E-state index in [0.29, 0.717) is 17.4 Å². The second-order valence-corrected chi connectivity index (χ2v) is 7.21. The summed E-state index contributed by atoms with van der Waals surface area (Å²) in [4.78, 5) is 4.17. The van der Waals surface area contributed by atoms with Gasteiger partial charge in [-0.15, -0.1) is 0 Å². The average molecular weight is 260 g/mol. The number of nitrogens with two attached hydrogens (primary N) is 1. The summed E-state index contributed by atoms with van der Waals surface area (Å²) in [6, 6.07) is 4.43. The molecule has 2 heteroatoms. The normalized spacial score (nSPS) is 26.1. The molecule has 2 rings (SSSR count).